The topological polar surface area (TPSA) is 21.7 Å². The highest BCUT2D eigenvalue weighted by Gasteiger charge is 2.45. The first kappa shape index (κ1) is 50.6. The Balaban J connectivity index is 0.772. The molecule has 0 aromatic heterocycles. The van der Waals surface area contributed by atoms with Gasteiger partial charge in [0.25, 0.3) is 0 Å². The fraction of sp³-hybridized carbons (Fsp3) is 0.143. The number of fused-ring (bicyclic) bond motifs is 18. The monoisotopic (exact) mass is 1150 g/mol. The van der Waals surface area contributed by atoms with Crippen molar-refractivity contribution in [1.82, 2.24) is 0 Å². The van der Waals surface area contributed by atoms with Crippen molar-refractivity contribution in [3.05, 3.63) is 246 Å². The van der Waals surface area contributed by atoms with Gasteiger partial charge in [-0.1, -0.05) is 236 Å². The van der Waals surface area contributed by atoms with Crippen LogP contribution in [0.2, 0.25) is 13.1 Å². The van der Waals surface area contributed by atoms with E-state index in [2.05, 4.69) is 272 Å². The van der Waals surface area contributed by atoms with Gasteiger partial charge in [0.2, 0.25) is 0 Å². The SMILES string of the molecule is CC1(C)c2cc(N(c3ccc(-c4cccc5c4Oc4c(ccc6c4-c4ccccc4C6(C)C)S5)cc3)c3ccc(-c4cccc5c4Sc4c(ccc6c4-c4ccccc4C6(C)C)[Si]5(C)C)cc3)ccc2-c2c1ccc1c2Oc2ccccc2S1. The fourth-order valence-electron chi connectivity index (χ4n) is 15.0. The van der Waals surface area contributed by atoms with E-state index in [1.165, 1.54) is 92.9 Å². The normalized spacial score (nSPS) is 16.3. The van der Waals surface area contributed by atoms with Gasteiger partial charge in [0.15, 0.2) is 0 Å². The summed E-state index contributed by atoms with van der Waals surface area (Å²) in [5, 5.41) is 3.05. The molecule has 0 spiro atoms. The Kier molecular flexibility index (Phi) is 10.7. The third-order valence-electron chi connectivity index (χ3n) is 19.5. The molecule has 17 rings (SSSR count). The zero-order valence-electron chi connectivity index (χ0n) is 48.2. The van der Waals surface area contributed by atoms with Crippen molar-refractivity contribution < 1.29 is 9.47 Å². The third-order valence-corrected chi connectivity index (χ3v) is 26.8. The van der Waals surface area contributed by atoms with Gasteiger partial charge in [-0.3, -0.25) is 0 Å². The van der Waals surface area contributed by atoms with Crippen LogP contribution >= 0.6 is 35.3 Å². The molecule has 0 saturated heterocycles. The van der Waals surface area contributed by atoms with Crippen molar-refractivity contribution in [2.45, 2.75) is 100 Å². The minimum absolute atomic E-state index is 0.0546. The van der Waals surface area contributed by atoms with Crippen LogP contribution in [0.25, 0.3) is 55.6 Å². The molecule has 0 atom stereocenters. The van der Waals surface area contributed by atoms with Crippen LogP contribution in [0.1, 0.15) is 74.9 Å². The van der Waals surface area contributed by atoms with Crippen LogP contribution in [0.5, 0.6) is 23.0 Å². The first-order chi connectivity index (χ1) is 40.7. The molecule has 6 aliphatic rings. The minimum Gasteiger partial charge on any atom is -0.454 e. The van der Waals surface area contributed by atoms with E-state index in [0.717, 1.165) is 70.8 Å². The molecule has 0 amide bonds. The summed E-state index contributed by atoms with van der Waals surface area (Å²) in [5.74, 6) is 3.74. The second kappa shape index (κ2) is 17.8. The third kappa shape index (κ3) is 7.04. The van der Waals surface area contributed by atoms with Gasteiger partial charge in [0.1, 0.15) is 31.1 Å². The fourth-order valence-corrected chi connectivity index (χ4v) is 22.7. The van der Waals surface area contributed by atoms with Gasteiger partial charge in [-0.2, -0.15) is 0 Å². The lowest BCUT2D eigenvalue weighted by Crippen LogP contribution is -2.56. The summed E-state index contributed by atoms with van der Waals surface area (Å²) < 4.78 is 14.1. The van der Waals surface area contributed by atoms with Crippen molar-refractivity contribution in [2.75, 3.05) is 4.90 Å². The van der Waals surface area contributed by atoms with Crippen molar-refractivity contribution in [3.63, 3.8) is 0 Å². The van der Waals surface area contributed by atoms with E-state index in [1.54, 1.807) is 16.9 Å². The van der Waals surface area contributed by atoms with E-state index >= 15 is 0 Å². The summed E-state index contributed by atoms with van der Waals surface area (Å²) >= 11 is 5.61. The standard InChI is InChI=1S/C77H59NO2S3Si/c1-75(2)54-21-11-9-17-51(54)67-56(75)37-41-64-72(67)80-70-49(19-15-25-62(70)82-64)44-27-31-46(32-28-44)78(48-35-36-53-59(43-48)77(5,6)57-38-40-63-71(68(53)57)79-60-23-13-14-24-61(60)81-63)47-33-29-45(30-34-47)50-20-16-26-65-73(50)83-74-66(84(65,7)8)42-39-58-69(74)52-18-10-12-22-55(52)76(58,3)4/h9-43H,1-8H3. The van der Waals surface area contributed by atoms with Gasteiger partial charge in [-0.25, -0.2) is 0 Å². The Labute approximate surface area is 506 Å². The molecule has 0 radical (unpaired) electrons. The van der Waals surface area contributed by atoms with Gasteiger partial charge < -0.3 is 14.4 Å². The zero-order valence-corrected chi connectivity index (χ0v) is 51.6. The molecule has 84 heavy (non-hydrogen) atoms. The molecule has 3 aliphatic heterocycles. The Morgan fingerprint density at radius 1 is 0.333 bits per heavy atom. The number of nitrogens with zero attached hydrogens (tertiary/aromatic N) is 1. The smallest absolute Gasteiger partial charge is 0.149 e. The van der Waals surface area contributed by atoms with E-state index < -0.39 is 8.07 Å². The first-order valence-corrected chi connectivity index (χ1v) is 34.7. The summed E-state index contributed by atoms with van der Waals surface area (Å²) in [4.78, 5) is 9.88. The van der Waals surface area contributed by atoms with E-state index in [0.29, 0.717) is 0 Å². The van der Waals surface area contributed by atoms with Crippen LogP contribution in [-0.2, 0) is 16.2 Å². The Hall–Kier alpha value is -7.91. The molecular weight excluding hydrogens is 1100 g/mol. The van der Waals surface area contributed by atoms with Crippen molar-refractivity contribution in [2.24, 2.45) is 0 Å². The number of benzene rings is 11. The van der Waals surface area contributed by atoms with E-state index in [1.807, 2.05) is 23.5 Å². The molecule has 0 fully saturated rings. The maximum Gasteiger partial charge on any atom is 0.149 e. The van der Waals surface area contributed by atoms with Crippen LogP contribution in [0, 0.1) is 0 Å². The molecule has 3 aliphatic carbocycles. The predicted octanol–water partition coefficient (Wildman–Crippen LogP) is 21.2. The average Bonchev–Trinajstić information content (AvgIpc) is 1.58. The first-order valence-electron chi connectivity index (χ1n) is 29.3. The molecule has 0 N–H and O–H groups in total. The van der Waals surface area contributed by atoms with Gasteiger partial charge >= 0.3 is 0 Å². The molecule has 406 valence electrons. The molecule has 7 heteroatoms. The Morgan fingerprint density at radius 3 is 1.50 bits per heavy atom. The maximum absolute atomic E-state index is 7.23. The summed E-state index contributed by atoms with van der Waals surface area (Å²) in [5.41, 5.74) is 23.4. The maximum atomic E-state index is 7.23. The van der Waals surface area contributed by atoms with Crippen molar-refractivity contribution >= 4 is 70.8 Å². The molecule has 3 heterocycles. The quantitative estimate of drug-likeness (QED) is 0.159. The van der Waals surface area contributed by atoms with E-state index in [9.17, 15) is 0 Å². The van der Waals surface area contributed by atoms with Crippen LogP contribution in [0.3, 0.4) is 0 Å². The number of hydrogen-bond donors (Lipinski definition) is 0. The van der Waals surface area contributed by atoms with Crippen molar-refractivity contribution in [1.29, 1.82) is 0 Å². The average molecular weight is 1150 g/mol. The molecule has 3 nitrogen and oxygen atoms in total. The molecule has 0 bridgehead atoms. The largest absolute Gasteiger partial charge is 0.454 e. The molecule has 11 aromatic rings. The van der Waals surface area contributed by atoms with Gasteiger partial charge in [-0.15, -0.1) is 0 Å². The number of hydrogen-bond acceptors (Lipinski definition) is 6. The highest BCUT2D eigenvalue weighted by molar-refractivity contribution is 8.00. The molecule has 0 unspecified atom stereocenters. The van der Waals surface area contributed by atoms with Crippen molar-refractivity contribution in [3.8, 4) is 78.6 Å². The molecule has 0 saturated carbocycles. The molecule has 11 aromatic carbocycles. The van der Waals surface area contributed by atoms with Gasteiger partial charge in [0, 0.05) is 59.8 Å². The summed E-state index contributed by atoms with van der Waals surface area (Å²) in [6, 6.07) is 79.7. The Bertz CT molecular complexity index is 4710. The second-order valence-electron chi connectivity index (χ2n) is 25.5. The van der Waals surface area contributed by atoms with E-state index in [4.69, 9.17) is 9.47 Å². The van der Waals surface area contributed by atoms with E-state index in [-0.39, 0.29) is 16.2 Å². The molecular formula is C77H59NO2S3Si. The Morgan fingerprint density at radius 2 is 0.810 bits per heavy atom. The zero-order chi connectivity index (χ0) is 56.8. The lowest BCUT2D eigenvalue weighted by Gasteiger charge is -2.36. The summed E-state index contributed by atoms with van der Waals surface area (Å²) in [7, 11) is -2.11. The number of ether oxygens (including phenoxy) is 2. The van der Waals surface area contributed by atoms with Crippen LogP contribution in [-0.4, -0.2) is 8.07 Å². The summed E-state index contributed by atoms with van der Waals surface area (Å²) in [6.45, 7) is 19.3. The number of rotatable bonds is 5. The highest BCUT2D eigenvalue weighted by atomic mass is 32.2. The van der Waals surface area contributed by atoms with Crippen LogP contribution in [0.15, 0.2) is 242 Å². The van der Waals surface area contributed by atoms with Crippen LogP contribution in [0.4, 0.5) is 17.1 Å². The number of anilines is 3. The number of para-hydroxylation sites is 2. The second-order valence-corrected chi connectivity index (χ2v) is 33.0. The predicted molar refractivity (Wildman–Crippen MR) is 353 cm³/mol. The highest BCUT2D eigenvalue weighted by Crippen LogP contribution is 2.62. The lowest BCUT2D eigenvalue weighted by atomic mass is 9.82. The van der Waals surface area contributed by atoms with Gasteiger partial charge in [0.05, 0.1) is 19.6 Å². The van der Waals surface area contributed by atoms with Gasteiger partial charge in [-0.05, 0) is 149 Å². The van der Waals surface area contributed by atoms with Crippen LogP contribution < -0.4 is 24.7 Å². The minimum atomic E-state index is -2.11. The summed E-state index contributed by atoms with van der Waals surface area (Å²) in [6.07, 6.45) is 0. The lowest BCUT2D eigenvalue weighted by molar-refractivity contribution is 0.455.